The van der Waals surface area contributed by atoms with Gasteiger partial charge in [0, 0.05) is 18.9 Å². The third-order valence-electron chi connectivity index (χ3n) is 2.10. The van der Waals surface area contributed by atoms with Gasteiger partial charge in [0.25, 0.3) is 0 Å². The number of allylic oxidation sites excluding steroid dienone is 1. The number of fused-ring (bicyclic) bond motifs is 1. The Morgan fingerprint density at radius 3 is 3.33 bits per heavy atom. The minimum Gasteiger partial charge on any atom is -0.330 e. The van der Waals surface area contributed by atoms with Gasteiger partial charge in [-0.3, -0.25) is 0 Å². The summed E-state index contributed by atoms with van der Waals surface area (Å²) in [6.07, 6.45) is 7.46. The van der Waals surface area contributed by atoms with E-state index in [1.807, 2.05) is 29.8 Å². The summed E-state index contributed by atoms with van der Waals surface area (Å²) in [6.45, 7) is 2.63. The van der Waals surface area contributed by atoms with E-state index in [0.29, 0.717) is 6.54 Å². The van der Waals surface area contributed by atoms with Gasteiger partial charge >= 0.3 is 0 Å². The van der Waals surface area contributed by atoms with E-state index in [9.17, 15) is 0 Å². The van der Waals surface area contributed by atoms with Gasteiger partial charge in [-0.1, -0.05) is 6.08 Å². The monoisotopic (exact) mass is 159 g/mol. The van der Waals surface area contributed by atoms with Crippen molar-refractivity contribution in [2.45, 2.75) is 13.5 Å². The average Bonchev–Trinajstić information content (AvgIpc) is 2.51. The number of imidazole rings is 1. The van der Waals surface area contributed by atoms with Crippen LogP contribution in [0.25, 0.3) is 6.08 Å². The molecule has 60 valence electrons. The quantitative estimate of drug-likeness (QED) is 0.574. The van der Waals surface area contributed by atoms with Crippen LogP contribution in [0.5, 0.6) is 0 Å². The van der Waals surface area contributed by atoms with Gasteiger partial charge in [0.15, 0.2) is 0 Å². The molecule has 1 atom stereocenters. The van der Waals surface area contributed by atoms with Gasteiger partial charge in [-0.2, -0.15) is 5.26 Å². The average molecular weight is 159 g/mol. The third kappa shape index (κ3) is 0.928. The van der Waals surface area contributed by atoms with Gasteiger partial charge in [0.2, 0.25) is 0 Å². The minimum absolute atomic E-state index is 0.367. The van der Waals surface area contributed by atoms with Gasteiger partial charge in [0.05, 0.1) is 11.5 Å². The second-order valence-corrected chi connectivity index (χ2v) is 3.28. The zero-order valence-electron chi connectivity index (χ0n) is 6.86. The Balaban J connectivity index is 2.44. The van der Waals surface area contributed by atoms with Crippen molar-refractivity contribution in [1.29, 1.82) is 5.26 Å². The molecule has 2 rings (SSSR count). The van der Waals surface area contributed by atoms with Crippen LogP contribution in [-0.2, 0) is 6.54 Å². The fraction of sp³-hybridized carbons (Fsp3) is 0.333. The Morgan fingerprint density at radius 2 is 2.58 bits per heavy atom. The lowest BCUT2D eigenvalue weighted by molar-refractivity contribution is 0.451. The van der Waals surface area contributed by atoms with Gasteiger partial charge in [-0.15, -0.1) is 0 Å². The van der Waals surface area contributed by atoms with E-state index in [1.54, 1.807) is 6.20 Å². The van der Waals surface area contributed by atoms with E-state index in [-0.39, 0.29) is 5.41 Å². The first-order chi connectivity index (χ1) is 5.73. The van der Waals surface area contributed by atoms with E-state index >= 15 is 0 Å². The first kappa shape index (κ1) is 7.11. The van der Waals surface area contributed by atoms with Crippen LogP contribution in [0.2, 0.25) is 0 Å². The molecule has 0 fully saturated rings. The summed E-state index contributed by atoms with van der Waals surface area (Å²) in [5, 5.41) is 8.88. The smallest absolute Gasteiger partial charge is 0.132 e. The van der Waals surface area contributed by atoms with Crippen LogP contribution in [-0.4, -0.2) is 9.55 Å². The van der Waals surface area contributed by atoms with Crippen LogP contribution in [0.1, 0.15) is 12.7 Å². The maximum Gasteiger partial charge on any atom is 0.132 e. The Bertz CT molecular complexity index is 369. The largest absolute Gasteiger partial charge is 0.330 e. The highest BCUT2D eigenvalue weighted by Crippen LogP contribution is 2.25. The van der Waals surface area contributed by atoms with Crippen LogP contribution >= 0.6 is 0 Å². The summed E-state index contributed by atoms with van der Waals surface area (Å²) in [6, 6.07) is 2.28. The van der Waals surface area contributed by atoms with Crippen LogP contribution in [0.15, 0.2) is 18.5 Å². The first-order valence-electron chi connectivity index (χ1n) is 3.85. The normalized spacial score (nSPS) is 26.3. The second-order valence-electron chi connectivity index (χ2n) is 3.28. The topological polar surface area (TPSA) is 41.6 Å². The maximum absolute atomic E-state index is 8.88. The number of nitriles is 1. The van der Waals surface area contributed by atoms with E-state index in [4.69, 9.17) is 5.26 Å². The summed E-state index contributed by atoms with van der Waals surface area (Å²) in [5.41, 5.74) is -0.367. The number of nitrogens with zero attached hydrogens (tertiary/aromatic N) is 3. The van der Waals surface area contributed by atoms with Crippen LogP contribution in [0, 0.1) is 16.7 Å². The van der Waals surface area contributed by atoms with Crippen molar-refractivity contribution in [3.63, 3.8) is 0 Å². The molecule has 1 aliphatic heterocycles. The molecule has 0 saturated heterocycles. The molecule has 12 heavy (non-hydrogen) atoms. The fourth-order valence-corrected chi connectivity index (χ4v) is 1.35. The molecule has 3 heteroatoms. The molecular weight excluding hydrogens is 150 g/mol. The van der Waals surface area contributed by atoms with Gasteiger partial charge < -0.3 is 4.57 Å². The molecule has 0 aromatic carbocycles. The highest BCUT2D eigenvalue weighted by molar-refractivity contribution is 5.45. The van der Waals surface area contributed by atoms with Crippen LogP contribution in [0.4, 0.5) is 0 Å². The molecule has 0 radical (unpaired) electrons. The minimum atomic E-state index is -0.367. The number of hydrogen-bond acceptors (Lipinski definition) is 2. The molecule has 0 amide bonds. The number of rotatable bonds is 0. The second kappa shape index (κ2) is 2.21. The van der Waals surface area contributed by atoms with E-state index in [0.717, 1.165) is 5.82 Å². The maximum atomic E-state index is 8.88. The third-order valence-corrected chi connectivity index (χ3v) is 2.10. The van der Waals surface area contributed by atoms with Gasteiger partial charge in [-0.25, -0.2) is 4.98 Å². The summed E-state index contributed by atoms with van der Waals surface area (Å²) >= 11 is 0. The Hall–Kier alpha value is -1.56. The lowest BCUT2D eigenvalue weighted by Crippen LogP contribution is -2.22. The molecule has 3 nitrogen and oxygen atoms in total. The van der Waals surface area contributed by atoms with Crippen LogP contribution < -0.4 is 0 Å². The van der Waals surface area contributed by atoms with Crippen molar-refractivity contribution in [3.8, 4) is 6.07 Å². The molecule has 1 aromatic rings. The van der Waals surface area contributed by atoms with Gasteiger partial charge in [-0.05, 0) is 13.0 Å². The highest BCUT2D eigenvalue weighted by Gasteiger charge is 2.25. The predicted octanol–water partition coefficient (Wildman–Crippen LogP) is 1.44. The Morgan fingerprint density at radius 1 is 1.75 bits per heavy atom. The Kier molecular flexibility index (Phi) is 1.31. The summed E-state index contributed by atoms with van der Waals surface area (Å²) in [5.74, 6) is 0.933. The molecule has 2 heterocycles. The molecular formula is C9H9N3. The van der Waals surface area contributed by atoms with E-state index in [1.165, 1.54) is 0 Å². The SMILES string of the molecule is CC1(C#N)C=Cc2nccn2C1. The van der Waals surface area contributed by atoms with E-state index in [2.05, 4.69) is 11.1 Å². The fourth-order valence-electron chi connectivity index (χ4n) is 1.35. The van der Waals surface area contributed by atoms with Crippen molar-refractivity contribution < 1.29 is 0 Å². The number of hydrogen-bond donors (Lipinski definition) is 0. The summed E-state index contributed by atoms with van der Waals surface area (Å²) < 4.78 is 1.99. The summed E-state index contributed by atoms with van der Waals surface area (Å²) in [4.78, 5) is 4.12. The van der Waals surface area contributed by atoms with Crippen molar-refractivity contribution in [3.05, 3.63) is 24.3 Å². The van der Waals surface area contributed by atoms with Gasteiger partial charge in [0.1, 0.15) is 5.82 Å². The van der Waals surface area contributed by atoms with Crippen LogP contribution in [0.3, 0.4) is 0 Å². The lowest BCUT2D eigenvalue weighted by atomic mass is 9.90. The highest BCUT2D eigenvalue weighted by atomic mass is 15.1. The van der Waals surface area contributed by atoms with Crippen molar-refractivity contribution >= 4 is 6.08 Å². The predicted molar refractivity (Wildman–Crippen MR) is 45.0 cm³/mol. The Labute approximate surface area is 71.0 Å². The molecule has 0 N–H and O–H groups in total. The number of aromatic nitrogens is 2. The molecule has 0 bridgehead atoms. The van der Waals surface area contributed by atoms with Crippen molar-refractivity contribution in [2.75, 3.05) is 0 Å². The van der Waals surface area contributed by atoms with E-state index < -0.39 is 0 Å². The van der Waals surface area contributed by atoms with Crippen molar-refractivity contribution in [1.82, 2.24) is 9.55 Å². The zero-order valence-corrected chi connectivity index (χ0v) is 6.86. The summed E-state index contributed by atoms with van der Waals surface area (Å²) in [7, 11) is 0. The van der Waals surface area contributed by atoms with Crippen molar-refractivity contribution in [2.24, 2.45) is 5.41 Å². The molecule has 0 spiro atoms. The molecule has 1 unspecified atom stereocenters. The molecule has 0 saturated carbocycles. The molecule has 1 aliphatic rings. The lowest BCUT2D eigenvalue weighted by Gasteiger charge is -2.22. The first-order valence-corrected chi connectivity index (χ1v) is 3.85. The molecule has 1 aromatic heterocycles. The standard InChI is InChI=1S/C9H9N3/c1-9(6-10)3-2-8-11-4-5-12(8)7-9/h2-5H,7H2,1H3. The molecule has 0 aliphatic carbocycles. The zero-order chi connectivity index (χ0) is 8.60.